The summed E-state index contributed by atoms with van der Waals surface area (Å²) in [6.07, 6.45) is 2.42. The third kappa shape index (κ3) is 1.97. The molecule has 1 N–H and O–H groups in total. The topological polar surface area (TPSA) is 47.0 Å². The van der Waals surface area contributed by atoms with Crippen molar-refractivity contribution in [3.05, 3.63) is 16.2 Å². The lowest BCUT2D eigenvalue weighted by atomic mass is 10.2. The van der Waals surface area contributed by atoms with Crippen LogP contribution in [0, 0.1) is 4.77 Å². The van der Waals surface area contributed by atoms with Crippen LogP contribution in [0.25, 0.3) is 0 Å². The van der Waals surface area contributed by atoms with Gasteiger partial charge in [-0.05, 0) is 32.0 Å². The first-order valence-corrected chi connectivity index (χ1v) is 5.59. The summed E-state index contributed by atoms with van der Waals surface area (Å²) in [6.45, 7) is 3.20. The van der Waals surface area contributed by atoms with E-state index in [1.54, 1.807) is 0 Å². The molecule has 0 saturated heterocycles. The Morgan fingerprint density at radius 3 is 3.20 bits per heavy atom. The highest BCUT2D eigenvalue weighted by Crippen LogP contribution is 2.19. The molecule has 1 aromatic rings. The van der Waals surface area contributed by atoms with Gasteiger partial charge in [0.05, 0.1) is 13.0 Å². The smallest absolute Gasteiger partial charge is 0.311 e. The lowest BCUT2D eigenvalue weighted by Crippen LogP contribution is -2.09. The SMILES string of the molecule is CCOC(=O)Cc1[nH]c(=S)n2c1CCC2. The van der Waals surface area contributed by atoms with Crippen LogP contribution in [0.2, 0.25) is 0 Å². The van der Waals surface area contributed by atoms with Crippen LogP contribution in [0.4, 0.5) is 0 Å². The fourth-order valence-electron chi connectivity index (χ4n) is 1.98. The fourth-order valence-corrected chi connectivity index (χ4v) is 2.31. The molecule has 0 aromatic carbocycles. The second kappa shape index (κ2) is 4.18. The number of ether oxygens (including phenoxy) is 1. The summed E-state index contributed by atoms with van der Waals surface area (Å²) in [7, 11) is 0. The van der Waals surface area contributed by atoms with E-state index in [-0.39, 0.29) is 5.97 Å². The minimum absolute atomic E-state index is 0.191. The molecule has 0 amide bonds. The molecule has 0 fully saturated rings. The van der Waals surface area contributed by atoms with E-state index in [9.17, 15) is 4.79 Å². The molecule has 0 bridgehead atoms. The first-order chi connectivity index (χ1) is 7.22. The van der Waals surface area contributed by atoms with Gasteiger partial charge in [0.25, 0.3) is 0 Å². The van der Waals surface area contributed by atoms with Crippen molar-refractivity contribution in [2.45, 2.75) is 32.7 Å². The number of carbonyl (C=O) groups is 1. The van der Waals surface area contributed by atoms with Crippen LogP contribution < -0.4 is 0 Å². The Bertz CT molecular complexity index is 433. The number of nitrogens with zero attached hydrogens (tertiary/aromatic N) is 1. The van der Waals surface area contributed by atoms with Gasteiger partial charge in [-0.2, -0.15) is 0 Å². The van der Waals surface area contributed by atoms with E-state index in [1.165, 1.54) is 5.69 Å². The second-order valence-corrected chi connectivity index (χ2v) is 3.98. The summed E-state index contributed by atoms with van der Waals surface area (Å²) in [5.74, 6) is -0.191. The average Bonchev–Trinajstić information content (AvgIpc) is 2.73. The number of H-pyrrole nitrogens is 1. The average molecular weight is 226 g/mol. The minimum atomic E-state index is -0.191. The summed E-state index contributed by atoms with van der Waals surface area (Å²) >= 11 is 5.17. The van der Waals surface area contributed by atoms with Gasteiger partial charge in [-0.3, -0.25) is 4.79 Å². The standard InChI is InChI=1S/C10H14N2O2S/c1-2-14-9(13)6-7-8-4-3-5-12(8)10(15)11-7/h2-6H2,1H3,(H,11,15). The Morgan fingerprint density at radius 2 is 2.47 bits per heavy atom. The van der Waals surface area contributed by atoms with Crippen LogP contribution in [0.1, 0.15) is 24.7 Å². The van der Waals surface area contributed by atoms with E-state index >= 15 is 0 Å². The van der Waals surface area contributed by atoms with E-state index in [1.807, 2.05) is 6.92 Å². The molecule has 0 saturated carbocycles. The molecule has 2 rings (SSSR count). The van der Waals surface area contributed by atoms with Gasteiger partial charge in [0, 0.05) is 17.9 Å². The highest BCUT2D eigenvalue weighted by Gasteiger charge is 2.19. The molecule has 0 unspecified atom stereocenters. The zero-order valence-corrected chi connectivity index (χ0v) is 9.52. The van der Waals surface area contributed by atoms with E-state index < -0.39 is 0 Å². The first-order valence-electron chi connectivity index (χ1n) is 5.18. The molecule has 0 spiro atoms. The predicted octanol–water partition coefficient (Wildman–Crippen LogP) is 1.60. The van der Waals surface area contributed by atoms with E-state index in [2.05, 4.69) is 9.55 Å². The second-order valence-electron chi connectivity index (χ2n) is 3.59. The van der Waals surface area contributed by atoms with Gasteiger partial charge in [0.1, 0.15) is 0 Å². The van der Waals surface area contributed by atoms with Crippen LogP contribution in [0.5, 0.6) is 0 Å². The third-order valence-electron chi connectivity index (χ3n) is 2.60. The summed E-state index contributed by atoms with van der Waals surface area (Å²) in [5, 5.41) is 0. The van der Waals surface area contributed by atoms with Crippen LogP contribution >= 0.6 is 12.2 Å². The number of rotatable bonds is 3. The van der Waals surface area contributed by atoms with Gasteiger partial charge in [-0.1, -0.05) is 0 Å². The Balaban J connectivity index is 2.19. The Morgan fingerprint density at radius 1 is 1.67 bits per heavy atom. The fraction of sp³-hybridized carbons (Fsp3) is 0.600. The molecule has 82 valence electrons. The zero-order chi connectivity index (χ0) is 10.8. The molecule has 1 aliphatic rings. The number of nitrogens with one attached hydrogen (secondary N) is 1. The van der Waals surface area contributed by atoms with Gasteiger partial charge < -0.3 is 14.3 Å². The summed E-state index contributed by atoms with van der Waals surface area (Å²) in [6, 6.07) is 0. The molecule has 2 heterocycles. The van der Waals surface area contributed by atoms with Crippen molar-refractivity contribution in [1.82, 2.24) is 9.55 Å². The molecule has 15 heavy (non-hydrogen) atoms. The molecule has 0 aliphatic carbocycles. The zero-order valence-electron chi connectivity index (χ0n) is 8.71. The number of carbonyl (C=O) groups excluding carboxylic acids is 1. The molecule has 0 atom stereocenters. The number of fused-ring (bicyclic) bond motifs is 1. The monoisotopic (exact) mass is 226 g/mol. The molecule has 0 radical (unpaired) electrons. The van der Waals surface area contributed by atoms with Crippen molar-refractivity contribution in [3.63, 3.8) is 0 Å². The van der Waals surface area contributed by atoms with Crippen molar-refractivity contribution in [2.75, 3.05) is 6.61 Å². The summed E-state index contributed by atoms with van der Waals surface area (Å²) in [4.78, 5) is 14.4. The number of esters is 1. The maximum Gasteiger partial charge on any atom is 0.311 e. The molecule has 4 nitrogen and oxygen atoms in total. The molecular weight excluding hydrogens is 212 g/mol. The Hall–Kier alpha value is -1.10. The Labute approximate surface area is 93.3 Å². The van der Waals surface area contributed by atoms with Gasteiger partial charge in [-0.15, -0.1) is 0 Å². The van der Waals surface area contributed by atoms with Gasteiger partial charge in [0.15, 0.2) is 4.77 Å². The van der Waals surface area contributed by atoms with Gasteiger partial charge in [-0.25, -0.2) is 0 Å². The maximum atomic E-state index is 11.3. The summed E-state index contributed by atoms with van der Waals surface area (Å²) < 4.78 is 7.71. The van der Waals surface area contributed by atoms with Crippen LogP contribution in [-0.2, 0) is 28.9 Å². The lowest BCUT2D eigenvalue weighted by Gasteiger charge is -2.01. The molecule has 1 aliphatic heterocycles. The van der Waals surface area contributed by atoms with E-state index in [0.29, 0.717) is 13.0 Å². The van der Waals surface area contributed by atoms with Crippen molar-refractivity contribution < 1.29 is 9.53 Å². The normalized spacial score (nSPS) is 13.9. The lowest BCUT2D eigenvalue weighted by molar-refractivity contribution is -0.142. The number of aromatic nitrogens is 2. The van der Waals surface area contributed by atoms with E-state index in [4.69, 9.17) is 17.0 Å². The predicted molar refractivity (Wildman–Crippen MR) is 58.3 cm³/mol. The quantitative estimate of drug-likeness (QED) is 0.629. The molecule has 1 aromatic heterocycles. The van der Waals surface area contributed by atoms with Crippen molar-refractivity contribution in [2.24, 2.45) is 0 Å². The van der Waals surface area contributed by atoms with Crippen molar-refractivity contribution in [3.8, 4) is 0 Å². The van der Waals surface area contributed by atoms with Crippen molar-refractivity contribution in [1.29, 1.82) is 0 Å². The van der Waals surface area contributed by atoms with Crippen LogP contribution in [-0.4, -0.2) is 22.1 Å². The minimum Gasteiger partial charge on any atom is -0.466 e. The number of hydrogen-bond acceptors (Lipinski definition) is 3. The maximum absolute atomic E-state index is 11.3. The highest BCUT2D eigenvalue weighted by molar-refractivity contribution is 7.71. The molecular formula is C10H14N2O2S. The van der Waals surface area contributed by atoms with Crippen LogP contribution in [0.3, 0.4) is 0 Å². The summed E-state index contributed by atoms with van der Waals surface area (Å²) in [5.41, 5.74) is 2.10. The first kappa shape index (κ1) is 10.4. The molecule has 5 heteroatoms. The van der Waals surface area contributed by atoms with Crippen LogP contribution in [0.15, 0.2) is 0 Å². The number of imidazole rings is 1. The number of aromatic amines is 1. The highest BCUT2D eigenvalue weighted by atomic mass is 32.1. The third-order valence-corrected chi connectivity index (χ3v) is 2.92. The number of hydrogen-bond donors (Lipinski definition) is 1. The van der Waals surface area contributed by atoms with Gasteiger partial charge in [0.2, 0.25) is 0 Å². The largest absolute Gasteiger partial charge is 0.466 e. The van der Waals surface area contributed by atoms with E-state index in [0.717, 1.165) is 29.9 Å². The Kier molecular flexibility index (Phi) is 2.90. The van der Waals surface area contributed by atoms with Crippen molar-refractivity contribution >= 4 is 18.2 Å². The van der Waals surface area contributed by atoms with Gasteiger partial charge >= 0.3 is 5.97 Å².